The number of likely N-dealkylation sites (tertiary alicyclic amines) is 1. The zero-order valence-corrected chi connectivity index (χ0v) is 17.0. The Morgan fingerprint density at radius 2 is 1.66 bits per heavy atom. The Labute approximate surface area is 171 Å². The highest BCUT2D eigenvalue weighted by Crippen LogP contribution is 2.58. The van der Waals surface area contributed by atoms with Gasteiger partial charge in [-0.3, -0.25) is 0 Å². The van der Waals surface area contributed by atoms with E-state index in [2.05, 4.69) is 13.8 Å². The molecule has 2 aromatic carbocycles. The van der Waals surface area contributed by atoms with Crippen LogP contribution in [0.25, 0.3) is 0 Å². The van der Waals surface area contributed by atoms with E-state index in [9.17, 15) is 9.59 Å². The lowest BCUT2D eigenvalue weighted by molar-refractivity contribution is -0.0144. The van der Waals surface area contributed by atoms with E-state index in [0.29, 0.717) is 18.7 Å². The lowest BCUT2D eigenvalue weighted by Gasteiger charge is -2.36. The first-order chi connectivity index (χ1) is 13.9. The number of amides is 1. The van der Waals surface area contributed by atoms with Crippen LogP contribution >= 0.6 is 0 Å². The normalized spacial score (nSPS) is 28.1. The summed E-state index contributed by atoms with van der Waals surface area (Å²) >= 11 is 0. The van der Waals surface area contributed by atoms with E-state index in [4.69, 9.17) is 9.47 Å². The zero-order chi connectivity index (χ0) is 20.5. The third kappa shape index (κ3) is 3.61. The first-order valence-corrected chi connectivity index (χ1v) is 10.1. The van der Waals surface area contributed by atoms with Gasteiger partial charge in [0.15, 0.2) is 0 Å². The number of ether oxygens (including phenoxy) is 2. The monoisotopic (exact) mass is 393 g/mol. The Bertz CT molecular complexity index is 884. The van der Waals surface area contributed by atoms with E-state index in [-0.39, 0.29) is 35.6 Å². The van der Waals surface area contributed by atoms with Crippen molar-refractivity contribution in [2.45, 2.75) is 39.4 Å². The molecular formula is C24H27NO4. The molecule has 0 bridgehead atoms. The molecule has 29 heavy (non-hydrogen) atoms. The molecule has 5 heteroatoms. The number of esters is 1. The average molecular weight is 393 g/mol. The van der Waals surface area contributed by atoms with Crippen molar-refractivity contribution < 1.29 is 19.1 Å². The zero-order valence-electron chi connectivity index (χ0n) is 17.0. The minimum Gasteiger partial charge on any atom is -0.458 e. The van der Waals surface area contributed by atoms with E-state index in [1.807, 2.05) is 48.5 Å². The van der Waals surface area contributed by atoms with E-state index in [1.54, 1.807) is 17.0 Å². The van der Waals surface area contributed by atoms with Crippen LogP contribution in [0.5, 0.6) is 0 Å². The van der Waals surface area contributed by atoms with Gasteiger partial charge in [0, 0.05) is 18.5 Å². The summed E-state index contributed by atoms with van der Waals surface area (Å²) in [6.07, 6.45) is 1.21. The molecule has 2 aliphatic rings. The highest BCUT2D eigenvalue weighted by Gasteiger charge is 2.62. The highest BCUT2D eigenvalue weighted by molar-refractivity contribution is 5.89. The molecule has 152 valence electrons. The molecule has 0 aromatic heterocycles. The number of carbonyl (C=O) groups is 2. The quantitative estimate of drug-likeness (QED) is 0.709. The lowest BCUT2D eigenvalue weighted by atomic mass is 9.70. The van der Waals surface area contributed by atoms with Gasteiger partial charge in [0.2, 0.25) is 0 Å². The van der Waals surface area contributed by atoms with Gasteiger partial charge in [-0.2, -0.15) is 0 Å². The second kappa shape index (κ2) is 7.54. The second-order valence-electron chi connectivity index (χ2n) is 8.67. The Morgan fingerprint density at radius 3 is 2.34 bits per heavy atom. The summed E-state index contributed by atoms with van der Waals surface area (Å²) < 4.78 is 11.5. The lowest BCUT2D eigenvalue weighted by Crippen LogP contribution is -2.41. The third-order valence-electron chi connectivity index (χ3n) is 6.83. The summed E-state index contributed by atoms with van der Waals surface area (Å²) in [6.45, 7) is 5.73. The molecule has 1 heterocycles. The molecule has 5 nitrogen and oxygen atoms in total. The summed E-state index contributed by atoms with van der Waals surface area (Å²) in [5.41, 5.74) is 1.14. The van der Waals surface area contributed by atoms with Crippen molar-refractivity contribution in [2.75, 3.05) is 13.1 Å². The van der Waals surface area contributed by atoms with Gasteiger partial charge >= 0.3 is 12.1 Å². The van der Waals surface area contributed by atoms with Crippen LogP contribution < -0.4 is 0 Å². The molecule has 4 rings (SSSR count). The SMILES string of the molecule is C[C@@]12CC[C@@H](OC(=O)c3ccccc3)[C@]1(C)CN(C(=O)OCc1ccccc1)C2. The maximum atomic E-state index is 12.7. The average Bonchev–Trinajstić information content (AvgIpc) is 3.14. The van der Waals surface area contributed by atoms with Gasteiger partial charge in [-0.15, -0.1) is 0 Å². The Kier molecular flexibility index (Phi) is 5.07. The largest absolute Gasteiger partial charge is 0.458 e. The second-order valence-corrected chi connectivity index (χ2v) is 8.67. The van der Waals surface area contributed by atoms with Crippen molar-refractivity contribution in [3.8, 4) is 0 Å². The third-order valence-corrected chi connectivity index (χ3v) is 6.83. The predicted octanol–water partition coefficient (Wildman–Crippen LogP) is 4.67. The van der Waals surface area contributed by atoms with Crippen molar-refractivity contribution in [2.24, 2.45) is 10.8 Å². The summed E-state index contributed by atoms with van der Waals surface area (Å²) in [5, 5.41) is 0. The predicted molar refractivity (Wildman–Crippen MR) is 109 cm³/mol. The highest BCUT2D eigenvalue weighted by atomic mass is 16.6. The molecule has 0 N–H and O–H groups in total. The number of carbonyl (C=O) groups excluding carboxylic acids is 2. The van der Waals surface area contributed by atoms with Gasteiger partial charge < -0.3 is 14.4 Å². The van der Waals surface area contributed by atoms with Gasteiger partial charge in [0.1, 0.15) is 12.7 Å². The summed E-state index contributed by atoms with van der Waals surface area (Å²) in [7, 11) is 0. The maximum absolute atomic E-state index is 12.7. The molecule has 1 aliphatic carbocycles. The molecule has 0 unspecified atom stereocenters. The Hall–Kier alpha value is -2.82. The molecule has 0 spiro atoms. The van der Waals surface area contributed by atoms with Crippen LogP contribution in [0.1, 0.15) is 42.6 Å². The number of hydrogen-bond donors (Lipinski definition) is 0. The standard InChI is InChI=1S/C24H27NO4/c1-23-14-13-20(29-21(26)19-11-7-4-8-12-19)24(23,2)17-25(16-23)22(27)28-15-18-9-5-3-6-10-18/h3-12,20H,13-17H2,1-2H3/t20-,23+,24+/m1/s1. The van der Waals surface area contributed by atoms with Gasteiger partial charge in [-0.1, -0.05) is 62.4 Å². The van der Waals surface area contributed by atoms with E-state index in [0.717, 1.165) is 18.4 Å². The molecule has 1 saturated heterocycles. The van der Waals surface area contributed by atoms with Crippen LogP contribution in [0.4, 0.5) is 4.79 Å². The summed E-state index contributed by atoms with van der Waals surface area (Å²) in [4.78, 5) is 27.0. The van der Waals surface area contributed by atoms with Crippen LogP contribution in [-0.2, 0) is 16.1 Å². The van der Waals surface area contributed by atoms with Crippen LogP contribution in [-0.4, -0.2) is 36.2 Å². The maximum Gasteiger partial charge on any atom is 0.410 e. The van der Waals surface area contributed by atoms with E-state index >= 15 is 0 Å². The Balaban J connectivity index is 1.42. The molecule has 1 aliphatic heterocycles. The fourth-order valence-electron chi connectivity index (χ4n) is 4.77. The van der Waals surface area contributed by atoms with Gasteiger partial charge in [-0.05, 0) is 36.0 Å². The number of benzene rings is 2. The van der Waals surface area contributed by atoms with Gasteiger partial charge in [-0.25, -0.2) is 9.59 Å². The van der Waals surface area contributed by atoms with Crippen molar-refractivity contribution >= 4 is 12.1 Å². The first-order valence-electron chi connectivity index (χ1n) is 10.1. The fraction of sp³-hybridized carbons (Fsp3) is 0.417. The van der Waals surface area contributed by atoms with Crippen molar-refractivity contribution in [3.63, 3.8) is 0 Å². The van der Waals surface area contributed by atoms with Crippen LogP contribution in [0, 0.1) is 10.8 Å². The van der Waals surface area contributed by atoms with Gasteiger partial charge in [0.05, 0.1) is 5.56 Å². The molecule has 2 fully saturated rings. The minimum atomic E-state index is -0.307. The minimum absolute atomic E-state index is 0.0968. The van der Waals surface area contributed by atoms with Crippen molar-refractivity contribution in [3.05, 3.63) is 71.8 Å². The number of hydrogen-bond acceptors (Lipinski definition) is 4. The smallest absolute Gasteiger partial charge is 0.410 e. The topological polar surface area (TPSA) is 55.8 Å². The van der Waals surface area contributed by atoms with E-state index in [1.165, 1.54) is 0 Å². The number of rotatable bonds is 4. The Morgan fingerprint density at radius 1 is 1.00 bits per heavy atom. The number of nitrogens with zero attached hydrogens (tertiary/aromatic N) is 1. The van der Waals surface area contributed by atoms with Crippen LogP contribution in [0.2, 0.25) is 0 Å². The molecular weight excluding hydrogens is 366 g/mol. The van der Waals surface area contributed by atoms with Gasteiger partial charge in [0.25, 0.3) is 0 Å². The van der Waals surface area contributed by atoms with Crippen molar-refractivity contribution in [1.82, 2.24) is 4.90 Å². The van der Waals surface area contributed by atoms with Crippen LogP contribution in [0.3, 0.4) is 0 Å². The molecule has 3 atom stereocenters. The summed E-state index contributed by atoms with van der Waals surface area (Å²) in [6, 6.07) is 18.7. The first kappa shape index (κ1) is 19.5. The fourth-order valence-corrected chi connectivity index (χ4v) is 4.77. The van der Waals surface area contributed by atoms with Crippen molar-refractivity contribution in [1.29, 1.82) is 0 Å². The molecule has 1 saturated carbocycles. The molecule has 1 amide bonds. The molecule has 2 aromatic rings. The molecule has 0 radical (unpaired) electrons. The number of fused-ring (bicyclic) bond motifs is 1. The van der Waals surface area contributed by atoms with E-state index < -0.39 is 0 Å². The summed E-state index contributed by atoms with van der Waals surface area (Å²) in [5.74, 6) is -0.300. The van der Waals surface area contributed by atoms with Crippen LogP contribution in [0.15, 0.2) is 60.7 Å².